The summed E-state index contributed by atoms with van der Waals surface area (Å²) >= 11 is 3.12. The number of halogens is 2. The highest BCUT2D eigenvalue weighted by molar-refractivity contribution is 9.10. The van der Waals surface area contributed by atoms with Crippen molar-refractivity contribution in [3.8, 4) is 0 Å². The first-order valence-electron chi connectivity index (χ1n) is 4.13. The van der Waals surface area contributed by atoms with Gasteiger partial charge in [0.2, 0.25) is 0 Å². The lowest BCUT2D eigenvalue weighted by molar-refractivity contribution is 0.279. The van der Waals surface area contributed by atoms with Crippen molar-refractivity contribution < 1.29 is 17.4 Å². The Morgan fingerprint density at radius 3 is 2.33 bits per heavy atom. The van der Waals surface area contributed by atoms with E-state index in [9.17, 15) is 12.3 Å². The van der Waals surface area contributed by atoms with Crippen LogP contribution in [-0.2, 0) is 16.8 Å². The fourth-order valence-electron chi connectivity index (χ4n) is 1.40. The highest BCUT2D eigenvalue weighted by Crippen LogP contribution is 2.30. The van der Waals surface area contributed by atoms with Crippen LogP contribution in [0.4, 0.5) is 3.89 Å². The van der Waals surface area contributed by atoms with Crippen molar-refractivity contribution in [2.45, 2.75) is 25.3 Å². The summed E-state index contributed by atoms with van der Waals surface area (Å²) in [7, 11) is -4.75. The van der Waals surface area contributed by atoms with E-state index in [-0.39, 0.29) is 12.2 Å². The molecule has 0 unspecified atom stereocenters. The molecule has 1 N–H and O–H groups in total. The van der Waals surface area contributed by atoms with Gasteiger partial charge in [0, 0.05) is 4.47 Å². The van der Waals surface area contributed by atoms with Crippen molar-refractivity contribution in [1.82, 2.24) is 0 Å². The molecule has 0 atom stereocenters. The Bertz CT molecular complexity index is 497. The van der Waals surface area contributed by atoms with E-state index >= 15 is 0 Å². The second-order valence-corrected chi connectivity index (χ2v) is 5.35. The van der Waals surface area contributed by atoms with Crippen molar-refractivity contribution in [3.05, 3.63) is 27.2 Å². The summed E-state index contributed by atoms with van der Waals surface area (Å²) in [4.78, 5) is -0.399. The summed E-state index contributed by atoms with van der Waals surface area (Å²) in [6, 6.07) is 1.21. The minimum Gasteiger partial charge on any atom is -0.392 e. The van der Waals surface area contributed by atoms with Gasteiger partial charge in [-0.2, -0.15) is 8.42 Å². The molecule has 3 nitrogen and oxygen atoms in total. The standard InChI is InChI=1S/C9H10BrFO3S/c1-5-7(4-12)6(2)9(3-8(5)10)15(11,13)14/h3,12H,4H2,1-2H3. The smallest absolute Gasteiger partial charge is 0.332 e. The van der Waals surface area contributed by atoms with Gasteiger partial charge in [0.1, 0.15) is 4.90 Å². The van der Waals surface area contributed by atoms with Crippen LogP contribution in [0.2, 0.25) is 0 Å². The molecular formula is C9H10BrFO3S. The lowest BCUT2D eigenvalue weighted by Gasteiger charge is -2.11. The van der Waals surface area contributed by atoms with Crippen LogP contribution in [0.15, 0.2) is 15.4 Å². The molecule has 0 saturated heterocycles. The number of aliphatic hydroxyl groups is 1. The van der Waals surface area contributed by atoms with Gasteiger partial charge < -0.3 is 5.11 Å². The predicted molar refractivity (Wildman–Crippen MR) is 57.8 cm³/mol. The molecule has 6 heteroatoms. The molecular weight excluding hydrogens is 287 g/mol. The highest BCUT2D eigenvalue weighted by atomic mass is 79.9. The minimum atomic E-state index is -4.75. The van der Waals surface area contributed by atoms with Crippen LogP contribution in [0.3, 0.4) is 0 Å². The highest BCUT2D eigenvalue weighted by Gasteiger charge is 2.20. The Kier molecular flexibility index (Phi) is 3.52. The van der Waals surface area contributed by atoms with E-state index in [0.717, 1.165) is 0 Å². The summed E-state index contributed by atoms with van der Waals surface area (Å²) in [5, 5.41) is 9.08. The van der Waals surface area contributed by atoms with Gasteiger partial charge in [0.25, 0.3) is 0 Å². The van der Waals surface area contributed by atoms with E-state index in [1.54, 1.807) is 6.92 Å². The Balaban J connectivity index is 3.66. The maximum absolute atomic E-state index is 12.9. The van der Waals surface area contributed by atoms with Gasteiger partial charge >= 0.3 is 10.2 Å². The first-order chi connectivity index (χ1) is 6.79. The van der Waals surface area contributed by atoms with Gasteiger partial charge in [-0.25, -0.2) is 0 Å². The van der Waals surface area contributed by atoms with Crippen LogP contribution in [-0.4, -0.2) is 13.5 Å². The molecule has 0 aliphatic rings. The Hall–Kier alpha value is -0.460. The monoisotopic (exact) mass is 296 g/mol. The SMILES string of the molecule is Cc1c(Br)cc(S(=O)(=O)F)c(C)c1CO. The molecule has 1 aromatic rings. The fraction of sp³-hybridized carbons (Fsp3) is 0.333. The lowest BCUT2D eigenvalue weighted by Crippen LogP contribution is -2.03. The van der Waals surface area contributed by atoms with E-state index in [1.165, 1.54) is 13.0 Å². The van der Waals surface area contributed by atoms with Crippen molar-refractivity contribution in [3.63, 3.8) is 0 Å². The van der Waals surface area contributed by atoms with Gasteiger partial charge in [0.05, 0.1) is 6.61 Å². The number of rotatable bonds is 2. The summed E-state index contributed by atoms with van der Waals surface area (Å²) in [5.74, 6) is 0. The number of benzene rings is 1. The minimum absolute atomic E-state index is 0.251. The van der Waals surface area contributed by atoms with E-state index in [2.05, 4.69) is 15.9 Å². The molecule has 0 aliphatic carbocycles. The van der Waals surface area contributed by atoms with Crippen LogP contribution >= 0.6 is 15.9 Å². The van der Waals surface area contributed by atoms with E-state index in [4.69, 9.17) is 5.11 Å². The molecule has 1 rings (SSSR count). The van der Waals surface area contributed by atoms with Crippen LogP contribution in [0.5, 0.6) is 0 Å². The molecule has 0 saturated carbocycles. The molecule has 0 aliphatic heterocycles. The summed E-state index contributed by atoms with van der Waals surface area (Å²) < 4.78 is 35.0. The van der Waals surface area contributed by atoms with Crippen molar-refractivity contribution in [2.24, 2.45) is 0 Å². The average molecular weight is 297 g/mol. The topological polar surface area (TPSA) is 54.4 Å². The molecule has 0 bridgehead atoms. The van der Waals surface area contributed by atoms with E-state index < -0.39 is 15.1 Å². The van der Waals surface area contributed by atoms with Crippen LogP contribution in [0.25, 0.3) is 0 Å². The third kappa shape index (κ3) is 2.38. The third-order valence-corrected chi connectivity index (χ3v) is 4.08. The van der Waals surface area contributed by atoms with Gasteiger partial charge in [0.15, 0.2) is 0 Å². The van der Waals surface area contributed by atoms with Gasteiger partial charge in [-0.3, -0.25) is 0 Å². The molecule has 0 fully saturated rings. The van der Waals surface area contributed by atoms with Gasteiger partial charge in [-0.1, -0.05) is 15.9 Å². The Morgan fingerprint density at radius 2 is 1.93 bits per heavy atom. The van der Waals surface area contributed by atoms with E-state index in [0.29, 0.717) is 15.6 Å². The first kappa shape index (κ1) is 12.6. The molecule has 0 aromatic heterocycles. The van der Waals surface area contributed by atoms with Crippen LogP contribution in [0, 0.1) is 13.8 Å². The number of aliphatic hydroxyl groups excluding tert-OH is 1. The zero-order chi connectivity index (χ0) is 11.8. The quantitative estimate of drug-likeness (QED) is 0.852. The Morgan fingerprint density at radius 1 is 1.40 bits per heavy atom. The number of hydrogen-bond acceptors (Lipinski definition) is 3. The predicted octanol–water partition coefficient (Wildman–Crippen LogP) is 2.22. The molecule has 0 heterocycles. The maximum Gasteiger partial charge on any atom is 0.332 e. The normalized spacial score (nSPS) is 11.8. The fourth-order valence-corrected chi connectivity index (χ4v) is 2.76. The van der Waals surface area contributed by atoms with E-state index in [1.807, 2.05) is 0 Å². The van der Waals surface area contributed by atoms with Gasteiger partial charge in [-0.15, -0.1) is 3.89 Å². The second kappa shape index (κ2) is 4.19. The first-order valence-corrected chi connectivity index (χ1v) is 6.30. The number of hydrogen-bond donors (Lipinski definition) is 1. The molecule has 0 amide bonds. The molecule has 84 valence electrons. The molecule has 15 heavy (non-hydrogen) atoms. The van der Waals surface area contributed by atoms with Gasteiger partial charge in [-0.05, 0) is 36.6 Å². The summed E-state index contributed by atoms with van der Waals surface area (Å²) in [5.41, 5.74) is 1.39. The van der Waals surface area contributed by atoms with Crippen LogP contribution in [0.1, 0.15) is 16.7 Å². The Labute approximate surface area is 96.3 Å². The largest absolute Gasteiger partial charge is 0.392 e. The average Bonchev–Trinajstić information content (AvgIpc) is 2.10. The molecule has 0 spiro atoms. The van der Waals surface area contributed by atoms with Crippen LogP contribution < -0.4 is 0 Å². The lowest BCUT2D eigenvalue weighted by atomic mass is 10.0. The molecule has 1 aromatic carbocycles. The summed E-state index contributed by atoms with van der Waals surface area (Å²) in [6.07, 6.45) is 0. The van der Waals surface area contributed by atoms with Crippen molar-refractivity contribution in [2.75, 3.05) is 0 Å². The van der Waals surface area contributed by atoms with Crippen molar-refractivity contribution in [1.29, 1.82) is 0 Å². The maximum atomic E-state index is 12.9. The second-order valence-electron chi connectivity index (χ2n) is 3.18. The molecule has 0 radical (unpaired) electrons. The zero-order valence-corrected chi connectivity index (χ0v) is 10.6. The van der Waals surface area contributed by atoms with Crippen molar-refractivity contribution >= 4 is 26.2 Å². The third-order valence-electron chi connectivity index (χ3n) is 2.31. The summed E-state index contributed by atoms with van der Waals surface area (Å²) in [6.45, 7) is 2.87. The zero-order valence-electron chi connectivity index (χ0n) is 8.21.